The van der Waals surface area contributed by atoms with E-state index < -0.39 is 0 Å². The molecule has 0 saturated heterocycles. The molecule has 0 amide bonds. The summed E-state index contributed by atoms with van der Waals surface area (Å²) in [6, 6.07) is 4.83. The molecule has 0 unspecified atom stereocenters. The SMILES string of the molecule is Cc1cc(F)ccc1CCCC(=O)C(C)(C)C. The van der Waals surface area contributed by atoms with Crippen LogP contribution in [0.3, 0.4) is 0 Å². The summed E-state index contributed by atoms with van der Waals surface area (Å²) in [4.78, 5) is 11.7. The fourth-order valence-corrected chi connectivity index (χ4v) is 1.75. The predicted molar refractivity (Wildman–Crippen MR) is 68.5 cm³/mol. The van der Waals surface area contributed by atoms with Gasteiger partial charge in [0.05, 0.1) is 0 Å². The number of ketones is 1. The third-order valence-electron chi connectivity index (χ3n) is 2.99. The molecule has 0 aliphatic rings. The Balaban J connectivity index is 2.49. The molecule has 0 atom stereocenters. The fraction of sp³-hybridized carbons (Fsp3) is 0.533. The molecule has 0 heterocycles. The van der Waals surface area contributed by atoms with Crippen molar-refractivity contribution in [1.29, 1.82) is 0 Å². The van der Waals surface area contributed by atoms with E-state index in [1.54, 1.807) is 6.07 Å². The van der Waals surface area contributed by atoms with Gasteiger partial charge in [0.2, 0.25) is 0 Å². The summed E-state index contributed by atoms with van der Waals surface area (Å²) >= 11 is 0. The fourth-order valence-electron chi connectivity index (χ4n) is 1.75. The number of carbonyl (C=O) groups excluding carboxylic acids is 1. The molecule has 0 radical (unpaired) electrons. The topological polar surface area (TPSA) is 17.1 Å². The number of hydrogen-bond acceptors (Lipinski definition) is 1. The smallest absolute Gasteiger partial charge is 0.138 e. The quantitative estimate of drug-likeness (QED) is 0.770. The first-order valence-corrected chi connectivity index (χ1v) is 6.09. The lowest BCUT2D eigenvalue weighted by Crippen LogP contribution is -2.19. The van der Waals surface area contributed by atoms with Crippen LogP contribution in [0.5, 0.6) is 0 Å². The first kappa shape index (κ1) is 13.9. The van der Waals surface area contributed by atoms with Crippen molar-refractivity contribution in [2.45, 2.75) is 47.0 Å². The Labute approximate surface area is 103 Å². The van der Waals surface area contributed by atoms with Gasteiger partial charge in [0.15, 0.2) is 0 Å². The van der Waals surface area contributed by atoms with Crippen LogP contribution in [0.15, 0.2) is 18.2 Å². The maximum Gasteiger partial charge on any atom is 0.138 e. The van der Waals surface area contributed by atoms with E-state index in [0.717, 1.165) is 24.0 Å². The maximum atomic E-state index is 12.9. The van der Waals surface area contributed by atoms with E-state index in [0.29, 0.717) is 6.42 Å². The summed E-state index contributed by atoms with van der Waals surface area (Å²) in [6.07, 6.45) is 2.27. The van der Waals surface area contributed by atoms with Crippen molar-refractivity contribution >= 4 is 5.78 Å². The van der Waals surface area contributed by atoms with E-state index in [1.807, 2.05) is 33.8 Å². The average Bonchev–Trinajstić information content (AvgIpc) is 2.19. The van der Waals surface area contributed by atoms with E-state index >= 15 is 0 Å². The van der Waals surface area contributed by atoms with Crippen LogP contribution < -0.4 is 0 Å². The number of benzene rings is 1. The third-order valence-corrected chi connectivity index (χ3v) is 2.99. The Hall–Kier alpha value is -1.18. The lowest BCUT2D eigenvalue weighted by Gasteiger charge is -2.16. The number of aryl methyl sites for hydroxylation is 2. The Bertz CT molecular complexity index is 402. The van der Waals surface area contributed by atoms with Gasteiger partial charge in [0.1, 0.15) is 11.6 Å². The monoisotopic (exact) mass is 236 g/mol. The van der Waals surface area contributed by atoms with Crippen molar-refractivity contribution in [1.82, 2.24) is 0 Å². The Morgan fingerprint density at radius 3 is 2.47 bits per heavy atom. The van der Waals surface area contributed by atoms with Crippen molar-refractivity contribution in [2.24, 2.45) is 5.41 Å². The first-order valence-electron chi connectivity index (χ1n) is 6.09. The minimum Gasteiger partial charge on any atom is -0.299 e. The van der Waals surface area contributed by atoms with Crippen molar-refractivity contribution in [2.75, 3.05) is 0 Å². The van der Waals surface area contributed by atoms with Gasteiger partial charge in [-0.05, 0) is 43.0 Å². The van der Waals surface area contributed by atoms with Crippen molar-refractivity contribution in [3.8, 4) is 0 Å². The zero-order valence-corrected chi connectivity index (χ0v) is 11.1. The van der Waals surface area contributed by atoms with Crippen molar-refractivity contribution < 1.29 is 9.18 Å². The molecule has 94 valence electrons. The van der Waals surface area contributed by atoms with E-state index in [-0.39, 0.29) is 17.0 Å². The van der Waals surface area contributed by atoms with Crippen LogP contribution in [-0.4, -0.2) is 5.78 Å². The Kier molecular flexibility index (Phi) is 4.44. The van der Waals surface area contributed by atoms with Gasteiger partial charge >= 0.3 is 0 Å². The molecule has 1 aromatic carbocycles. The van der Waals surface area contributed by atoms with Crippen LogP contribution in [-0.2, 0) is 11.2 Å². The zero-order chi connectivity index (χ0) is 13.1. The van der Waals surface area contributed by atoms with Crippen LogP contribution in [0.1, 0.15) is 44.7 Å². The number of halogens is 1. The summed E-state index contributed by atoms with van der Waals surface area (Å²) in [6.45, 7) is 7.74. The third kappa shape index (κ3) is 4.29. The van der Waals surface area contributed by atoms with E-state index in [9.17, 15) is 9.18 Å². The average molecular weight is 236 g/mol. The molecule has 0 aliphatic heterocycles. The van der Waals surface area contributed by atoms with Gasteiger partial charge in [-0.15, -0.1) is 0 Å². The molecule has 0 fully saturated rings. The molecular formula is C15H21FO. The molecule has 1 aromatic rings. The molecule has 0 bridgehead atoms. The second-order valence-corrected chi connectivity index (χ2v) is 5.60. The second-order valence-electron chi connectivity index (χ2n) is 5.60. The Morgan fingerprint density at radius 2 is 1.94 bits per heavy atom. The van der Waals surface area contributed by atoms with Crippen LogP contribution in [0.2, 0.25) is 0 Å². The van der Waals surface area contributed by atoms with Gasteiger partial charge in [-0.1, -0.05) is 26.8 Å². The molecule has 0 aliphatic carbocycles. The lowest BCUT2D eigenvalue weighted by molar-refractivity contribution is -0.126. The zero-order valence-electron chi connectivity index (χ0n) is 11.1. The number of rotatable bonds is 4. The molecule has 0 saturated carbocycles. The normalized spacial score (nSPS) is 11.6. The second kappa shape index (κ2) is 5.44. The molecule has 0 N–H and O–H groups in total. The number of Topliss-reactive ketones (excluding diaryl/α,β-unsaturated/α-hetero) is 1. The molecule has 2 heteroatoms. The summed E-state index contributed by atoms with van der Waals surface area (Å²) < 4.78 is 12.9. The summed E-state index contributed by atoms with van der Waals surface area (Å²) in [7, 11) is 0. The van der Waals surface area contributed by atoms with E-state index in [2.05, 4.69) is 0 Å². The number of carbonyl (C=O) groups is 1. The predicted octanol–water partition coefficient (Wildman–Crippen LogP) is 4.07. The molecule has 0 spiro atoms. The van der Waals surface area contributed by atoms with Crippen molar-refractivity contribution in [3.63, 3.8) is 0 Å². The molecule has 17 heavy (non-hydrogen) atoms. The number of hydrogen-bond donors (Lipinski definition) is 0. The largest absolute Gasteiger partial charge is 0.299 e. The molecule has 1 nitrogen and oxygen atoms in total. The van der Waals surface area contributed by atoms with Gasteiger partial charge in [-0.25, -0.2) is 4.39 Å². The highest BCUT2D eigenvalue weighted by molar-refractivity contribution is 5.83. The minimum absolute atomic E-state index is 0.197. The van der Waals surface area contributed by atoms with Gasteiger partial charge in [-0.3, -0.25) is 4.79 Å². The standard InChI is InChI=1S/C15H21FO/c1-11-10-13(16)9-8-12(11)6-5-7-14(17)15(2,3)4/h8-10H,5-7H2,1-4H3. The van der Waals surface area contributed by atoms with Gasteiger partial charge in [0, 0.05) is 11.8 Å². The van der Waals surface area contributed by atoms with Gasteiger partial charge in [0.25, 0.3) is 0 Å². The summed E-state index contributed by atoms with van der Waals surface area (Å²) in [5, 5.41) is 0. The first-order chi connectivity index (χ1) is 7.80. The van der Waals surface area contributed by atoms with Crippen LogP contribution in [0.4, 0.5) is 4.39 Å². The Morgan fingerprint density at radius 1 is 1.29 bits per heavy atom. The van der Waals surface area contributed by atoms with Gasteiger partial charge < -0.3 is 0 Å². The molecule has 1 rings (SSSR count). The van der Waals surface area contributed by atoms with Crippen molar-refractivity contribution in [3.05, 3.63) is 35.1 Å². The minimum atomic E-state index is -0.252. The molecular weight excluding hydrogens is 215 g/mol. The maximum absolute atomic E-state index is 12.9. The lowest BCUT2D eigenvalue weighted by atomic mass is 9.87. The van der Waals surface area contributed by atoms with Crippen LogP contribution >= 0.6 is 0 Å². The summed E-state index contributed by atoms with van der Waals surface area (Å²) in [5.74, 6) is 0.0919. The van der Waals surface area contributed by atoms with Gasteiger partial charge in [-0.2, -0.15) is 0 Å². The highest BCUT2D eigenvalue weighted by Crippen LogP contribution is 2.19. The molecule has 0 aromatic heterocycles. The van der Waals surface area contributed by atoms with E-state index in [1.165, 1.54) is 6.07 Å². The highest BCUT2D eigenvalue weighted by Gasteiger charge is 2.20. The van der Waals surface area contributed by atoms with E-state index in [4.69, 9.17) is 0 Å². The van der Waals surface area contributed by atoms with Crippen LogP contribution in [0, 0.1) is 18.2 Å². The van der Waals surface area contributed by atoms with Crippen LogP contribution in [0.25, 0.3) is 0 Å². The highest BCUT2D eigenvalue weighted by atomic mass is 19.1. The summed E-state index contributed by atoms with van der Waals surface area (Å²) in [5.41, 5.74) is 1.85.